The summed E-state index contributed by atoms with van der Waals surface area (Å²) in [5.74, 6) is 0.563. The van der Waals surface area contributed by atoms with Crippen molar-refractivity contribution in [2.24, 2.45) is 0 Å². The largest absolute Gasteiger partial charge is 0.508 e. The van der Waals surface area contributed by atoms with Gasteiger partial charge < -0.3 is 9.84 Å². The molecule has 0 aliphatic rings. The number of aromatic hydroxyl groups is 1. The summed E-state index contributed by atoms with van der Waals surface area (Å²) >= 11 is 0. The summed E-state index contributed by atoms with van der Waals surface area (Å²) < 4.78 is 5.15. The molecule has 0 aliphatic carbocycles. The van der Waals surface area contributed by atoms with Gasteiger partial charge in [-0.1, -0.05) is 36.4 Å². The Morgan fingerprint density at radius 2 is 1.83 bits per heavy atom. The summed E-state index contributed by atoms with van der Waals surface area (Å²) in [6.07, 6.45) is 0.125. The molecule has 0 aliphatic heterocycles. The van der Waals surface area contributed by atoms with Gasteiger partial charge in [-0.15, -0.1) is 0 Å². The molecule has 0 heterocycles. The van der Waals surface area contributed by atoms with Crippen molar-refractivity contribution in [2.45, 2.75) is 6.42 Å². The highest BCUT2D eigenvalue weighted by atomic mass is 16.5. The fourth-order valence-corrected chi connectivity index (χ4v) is 1.81. The molecule has 0 saturated heterocycles. The van der Waals surface area contributed by atoms with Gasteiger partial charge in [0.1, 0.15) is 11.5 Å². The zero-order valence-corrected chi connectivity index (χ0v) is 10.1. The number of Topliss-reactive ketones (excluding diaryl/α,β-unsaturated/α-hetero) is 1. The number of carbonyl (C=O) groups is 1. The van der Waals surface area contributed by atoms with E-state index in [0.717, 1.165) is 0 Å². The lowest BCUT2D eigenvalue weighted by Gasteiger charge is -2.09. The molecular formula is C15H14O3. The van der Waals surface area contributed by atoms with Gasteiger partial charge in [-0.3, -0.25) is 4.79 Å². The number of ether oxygens (including phenoxy) is 1. The van der Waals surface area contributed by atoms with Crippen molar-refractivity contribution in [3.8, 4) is 11.5 Å². The van der Waals surface area contributed by atoms with Crippen LogP contribution in [0.5, 0.6) is 11.5 Å². The van der Waals surface area contributed by atoms with Crippen LogP contribution >= 0.6 is 0 Å². The Kier molecular flexibility index (Phi) is 3.63. The molecule has 0 amide bonds. The zero-order valence-electron chi connectivity index (χ0n) is 10.1. The maximum absolute atomic E-state index is 12.1. The van der Waals surface area contributed by atoms with Crippen LogP contribution in [0.2, 0.25) is 0 Å². The van der Waals surface area contributed by atoms with Crippen LogP contribution in [0.3, 0.4) is 0 Å². The number of phenols is 1. The van der Waals surface area contributed by atoms with Crippen LogP contribution in [0.4, 0.5) is 0 Å². The third-order valence-electron chi connectivity index (χ3n) is 2.76. The van der Waals surface area contributed by atoms with Gasteiger partial charge in [0.25, 0.3) is 0 Å². The van der Waals surface area contributed by atoms with Gasteiger partial charge in [-0.05, 0) is 12.1 Å². The first-order valence-electron chi connectivity index (χ1n) is 5.65. The predicted molar refractivity (Wildman–Crippen MR) is 69.1 cm³/mol. The number of benzene rings is 2. The highest BCUT2D eigenvalue weighted by molar-refractivity contribution is 5.98. The van der Waals surface area contributed by atoms with Crippen LogP contribution in [0.25, 0.3) is 0 Å². The number of methoxy groups -OCH3 is 1. The number of ketones is 1. The number of hydrogen-bond acceptors (Lipinski definition) is 3. The van der Waals surface area contributed by atoms with Crippen molar-refractivity contribution in [1.82, 2.24) is 0 Å². The van der Waals surface area contributed by atoms with Crippen LogP contribution in [-0.4, -0.2) is 18.0 Å². The average molecular weight is 242 g/mol. The van der Waals surface area contributed by atoms with E-state index in [1.807, 2.05) is 18.2 Å². The van der Waals surface area contributed by atoms with E-state index in [1.165, 1.54) is 7.11 Å². The molecule has 92 valence electrons. The summed E-state index contributed by atoms with van der Waals surface area (Å²) in [6.45, 7) is 0. The minimum Gasteiger partial charge on any atom is -0.508 e. The number of carbonyl (C=O) groups excluding carboxylic acids is 1. The first-order chi connectivity index (χ1) is 8.72. The lowest BCUT2D eigenvalue weighted by Crippen LogP contribution is -2.05. The second kappa shape index (κ2) is 5.36. The van der Waals surface area contributed by atoms with Crippen LogP contribution in [-0.2, 0) is 6.42 Å². The van der Waals surface area contributed by atoms with E-state index < -0.39 is 0 Å². The average Bonchev–Trinajstić information content (AvgIpc) is 2.42. The third kappa shape index (κ3) is 2.51. The lowest BCUT2D eigenvalue weighted by atomic mass is 10.0. The van der Waals surface area contributed by atoms with Crippen molar-refractivity contribution >= 4 is 5.78 Å². The molecule has 0 fully saturated rings. The summed E-state index contributed by atoms with van der Waals surface area (Å²) in [5, 5.41) is 9.79. The normalized spacial score (nSPS) is 10.1. The molecule has 2 rings (SSSR count). The Bertz CT molecular complexity index is 547. The molecule has 0 spiro atoms. The van der Waals surface area contributed by atoms with Crippen molar-refractivity contribution < 1.29 is 14.6 Å². The fourth-order valence-electron chi connectivity index (χ4n) is 1.81. The van der Waals surface area contributed by atoms with Gasteiger partial charge in [0.15, 0.2) is 5.78 Å². The molecule has 0 atom stereocenters. The van der Waals surface area contributed by atoms with Crippen LogP contribution < -0.4 is 4.74 Å². The van der Waals surface area contributed by atoms with Crippen LogP contribution in [0.15, 0.2) is 48.5 Å². The minimum atomic E-state index is -0.0459. The topological polar surface area (TPSA) is 46.5 Å². The van der Waals surface area contributed by atoms with Crippen molar-refractivity contribution in [3.63, 3.8) is 0 Å². The summed E-state index contributed by atoms with van der Waals surface area (Å²) in [7, 11) is 1.52. The number of phenolic OH excluding ortho intramolecular Hbond substituents is 1. The van der Waals surface area contributed by atoms with Crippen LogP contribution in [0, 0.1) is 0 Å². The molecule has 2 aromatic rings. The second-order valence-corrected chi connectivity index (χ2v) is 3.92. The summed E-state index contributed by atoms with van der Waals surface area (Å²) in [4.78, 5) is 12.1. The van der Waals surface area contributed by atoms with Crippen LogP contribution in [0.1, 0.15) is 15.9 Å². The van der Waals surface area contributed by atoms with Gasteiger partial charge in [0, 0.05) is 17.5 Å². The molecule has 0 radical (unpaired) electrons. The van der Waals surface area contributed by atoms with Gasteiger partial charge in [-0.25, -0.2) is 0 Å². The van der Waals surface area contributed by atoms with Gasteiger partial charge in [0.2, 0.25) is 0 Å². The molecular weight excluding hydrogens is 228 g/mol. The SMILES string of the molecule is COc1cccc(O)c1CC(=O)c1ccccc1. The first-order valence-corrected chi connectivity index (χ1v) is 5.65. The third-order valence-corrected chi connectivity index (χ3v) is 2.76. The second-order valence-electron chi connectivity index (χ2n) is 3.92. The van der Waals surface area contributed by atoms with E-state index in [2.05, 4.69) is 0 Å². The van der Waals surface area contributed by atoms with E-state index >= 15 is 0 Å². The maximum Gasteiger partial charge on any atom is 0.167 e. The monoisotopic (exact) mass is 242 g/mol. The molecule has 2 aromatic carbocycles. The Labute approximate surface area is 106 Å². The molecule has 3 heteroatoms. The van der Waals surface area contributed by atoms with E-state index in [0.29, 0.717) is 16.9 Å². The van der Waals surface area contributed by atoms with Gasteiger partial charge >= 0.3 is 0 Å². The quantitative estimate of drug-likeness (QED) is 0.838. The number of rotatable bonds is 4. The van der Waals surface area contributed by atoms with E-state index in [-0.39, 0.29) is 18.0 Å². The first kappa shape index (κ1) is 12.2. The minimum absolute atomic E-state index is 0.0459. The molecule has 18 heavy (non-hydrogen) atoms. The van der Waals surface area contributed by atoms with E-state index in [9.17, 15) is 9.90 Å². The summed E-state index contributed by atoms with van der Waals surface area (Å²) in [6, 6.07) is 14.0. The lowest BCUT2D eigenvalue weighted by molar-refractivity contribution is 0.0991. The van der Waals surface area contributed by atoms with Gasteiger partial charge in [0.05, 0.1) is 7.11 Å². The molecule has 1 N–H and O–H groups in total. The zero-order chi connectivity index (χ0) is 13.0. The fraction of sp³-hybridized carbons (Fsp3) is 0.133. The Morgan fingerprint density at radius 1 is 1.11 bits per heavy atom. The molecule has 0 unspecified atom stereocenters. The molecule has 0 bridgehead atoms. The van der Waals surface area contributed by atoms with Gasteiger partial charge in [-0.2, -0.15) is 0 Å². The van der Waals surface area contributed by atoms with Crippen molar-refractivity contribution in [2.75, 3.05) is 7.11 Å². The summed E-state index contributed by atoms with van der Waals surface area (Å²) in [5.41, 5.74) is 1.15. The van der Waals surface area contributed by atoms with E-state index in [1.54, 1.807) is 30.3 Å². The highest BCUT2D eigenvalue weighted by Crippen LogP contribution is 2.28. The highest BCUT2D eigenvalue weighted by Gasteiger charge is 2.14. The Morgan fingerprint density at radius 3 is 2.50 bits per heavy atom. The standard InChI is InChI=1S/C15H14O3/c1-18-15-9-5-8-13(16)12(15)10-14(17)11-6-3-2-4-7-11/h2-9,16H,10H2,1H3. The Balaban J connectivity index is 2.27. The maximum atomic E-state index is 12.1. The molecule has 0 saturated carbocycles. The van der Waals surface area contributed by atoms with E-state index in [4.69, 9.17) is 4.74 Å². The molecule has 0 aromatic heterocycles. The smallest absolute Gasteiger partial charge is 0.167 e. The van der Waals surface area contributed by atoms with Crippen molar-refractivity contribution in [1.29, 1.82) is 0 Å². The Hall–Kier alpha value is -2.29. The van der Waals surface area contributed by atoms with Crippen molar-refractivity contribution in [3.05, 3.63) is 59.7 Å². The number of hydrogen-bond donors (Lipinski definition) is 1. The predicted octanol–water partition coefficient (Wildman–Crippen LogP) is 2.83. The molecule has 3 nitrogen and oxygen atoms in total.